The Morgan fingerprint density at radius 2 is 2.14 bits per heavy atom. The first-order valence-electron chi connectivity index (χ1n) is 7.52. The van der Waals surface area contributed by atoms with Gasteiger partial charge in [0.2, 0.25) is 0 Å². The van der Waals surface area contributed by atoms with Gasteiger partial charge < -0.3 is 20.1 Å². The molecule has 1 saturated heterocycles. The van der Waals surface area contributed by atoms with Gasteiger partial charge in [0.25, 0.3) is 5.91 Å². The molecule has 2 rings (SSSR count). The Balaban J connectivity index is 1.88. The highest BCUT2D eigenvalue weighted by Gasteiger charge is 2.20. The number of carbonyl (C=O) groups is 1. The average molecular weight is 292 g/mol. The van der Waals surface area contributed by atoms with E-state index in [0.717, 1.165) is 32.5 Å². The molecule has 1 amide bonds. The fraction of sp³-hybridized carbons (Fsp3) is 0.562. The Labute approximate surface area is 125 Å². The number of likely N-dealkylation sites (tertiary alicyclic amines) is 1. The molecular formula is C16H24N2O3. The Morgan fingerprint density at radius 1 is 1.43 bits per heavy atom. The van der Waals surface area contributed by atoms with Gasteiger partial charge >= 0.3 is 0 Å². The largest absolute Gasteiger partial charge is 0.504 e. The first kappa shape index (κ1) is 15.6. The number of benzene rings is 1. The van der Waals surface area contributed by atoms with Crippen LogP contribution in [0.5, 0.6) is 11.5 Å². The predicted molar refractivity (Wildman–Crippen MR) is 81.8 cm³/mol. The molecule has 5 nitrogen and oxygen atoms in total. The molecule has 21 heavy (non-hydrogen) atoms. The van der Waals surface area contributed by atoms with Crippen LogP contribution >= 0.6 is 0 Å². The van der Waals surface area contributed by atoms with Crippen molar-refractivity contribution < 1.29 is 14.6 Å². The van der Waals surface area contributed by atoms with Crippen molar-refractivity contribution in [3.63, 3.8) is 0 Å². The summed E-state index contributed by atoms with van der Waals surface area (Å²) in [5.74, 6) is 0.492. The lowest BCUT2D eigenvalue weighted by molar-refractivity contribution is 0.0933. The smallest absolute Gasteiger partial charge is 0.255 e. The number of methoxy groups -OCH3 is 1. The van der Waals surface area contributed by atoms with Crippen molar-refractivity contribution in [2.45, 2.75) is 19.8 Å². The van der Waals surface area contributed by atoms with Crippen LogP contribution < -0.4 is 10.1 Å². The zero-order valence-electron chi connectivity index (χ0n) is 12.8. The van der Waals surface area contributed by atoms with E-state index in [1.165, 1.54) is 7.11 Å². The van der Waals surface area contributed by atoms with Crippen molar-refractivity contribution in [2.24, 2.45) is 5.92 Å². The second-order valence-corrected chi connectivity index (χ2v) is 5.44. The number of ether oxygens (including phenoxy) is 1. The number of nitrogens with one attached hydrogen (secondary N) is 1. The predicted octanol–water partition coefficient (Wildman–Crippen LogP) is 1.86. The molecule has 1 aliphatic heterocycles. The van der Waals surface area contributed by atoms with E-state index in [2.05, 4.69) is 17.1 Å². The van der Waals surface area contributed by atoms with Crippen molar-refractivity contribution in [1.82, 2.24) is 10.2 Å². The fourth-order valence-electron chi connectivity index (χ4n) is 2.71. The lowest BCUT2D eigenvalue weighted by Crippen LogP contribution is -2.38. The third-order valence-electron chi connectivity index (χ3n) is 4.17. The van der Waals surface area contributed by atoms with E-state index in [1.807, 2.05) is 0 Å². The maximum Gasteiger partial charge on any atom is 0.255 e. The molecule has 0 bridgehead atoms. The molecule has 1 aliphatic rings. The van der Waals surface area contributed by atoms with Crippen LogP contribution in [0.3, 0.4) is 0 Å². The van der Waals surface area contributed by atoms with Gasteiger partial charge in [0.15, 0.2) is 11.5 Å². The van der Waals surface area contributed by atoms with Gasteiger partial charge in [-0.1, -0.05) is 13.0 Å². The van der Waals surface area contributed by atoms with Gasteiger partial charge in [-0.05, 0) is 50.5 Å². The standard InChI is InChI=1S/C16H24N2O3/c1-3-18-9-7-12(8-10-18)11-17-16(20)13-5-4-6-14(21-2)15(13)19/h4-6,12,19H,3,7-11H2,1-2H3,(H,17,20). The molecule has 0 spiro atoms. The van der Waals surface area contributed by atoms with E-state index in [1.54, 1.807) is 18.2 Å². The summed E-state index contributed by atoms with van der Waals surface area (Å²) in [5, 5.41) is 12.9. The van der Waals surface area contributed by atoms with Crippen molar-refractivity contribution >= 4 is 5.91 Å². The molecule has 0 aromatic heterocycles. The number of carbonyl (C=O) groups excluding carboxylic acids is 1. The van der Waals surface area contributed by atoms with Gasteiger partial charge in [0.1, 0.15) is 0 Å². The summed E-state index contributed by atoms with van der Waals surface area (Å²) >= 11 is 0. The minimum Gasteiger partial charge on any atom is -0.504 e. The molecule has 1 aromatic rings. The SMILES string of the molecule is CCN1CCC(CNC(=O)c2cccc(OC)c2O)CC1. The summed E-state index contributed by atoms with van der Waals surface area (Å²) in [6.45, 7) is 6.13. The number of rotatable bonds is 5. The van der Waals surface area contributed by atoms with E-state index >= 15 is 0 Å². The van der Waals surface area contributed by atoms with Crippen LogP contribution in [0.1, 0.15) is 30.1 Å². The fourth-order valence-corrected chi connectivity index (χ4v) is 2.71. The van der Waals surface area contributed by atoms with Gasteiger partial charge in [-0.2, -0.15) is 0 Å². The first-order valence-corrected chi connectivity index (χ1v) is 7.52. The molecule has 0 saturated carbocycles. The van der Waals surface area contributed by atoms with Crippen LogP contribution in [0, 0.1) is 5.92 Å². The van der Waals surface area contributed by atoms with E-state index in [-0.39, 0.29) is 17.2 Å². The number of piperidine rings is 1. The third kappa shape index (κ3) is 3.88. The monoisotopic (exact) mass is 292 g/mol. The molecule has 5 heteroatoms. The maximum atomic E-state index is 12.2. The van der Waals surface area contributed by atoms with Crippen molar-refractivity contribution in [3.8, 4) is 11.5 Å². The maximum absolute atomic E-state index is 12.2. The lowest BCUT2D eigenvalue weighted by Gasteiger charge is -2.31. The van der Waals surface area contributed by atoms with E-state index in [0.29, 0.717) is 18.2 Å². The summed E-state index contributed by atoms with van der Waals surface area (Å²) in [5.41, 5.74) is 0.264. The number of hydrogen-bond donors (Lipinski definition) is 2. The van der Waals surface area contributed by atoms with Gasteiger partial charge in [-0.25, -0.2) is 0 Å². The van der Waals surface area contributed by atoms with E-state index < -0.39 is 0 Å². The molecule has 0 aliphatic carbocycles. The Morgan fingerprint density at radius 3 is 2.76 bits per heavy atom. The zero-order valence-corrected chi connectivity index (χ0v) is 12.8. The van der Waals surface area contributed by atoms with Crippen LogP contribution in [0.25, 0.3) is 0 Å². The number of phenolic OH excluding ortho intramolecular Hbond substituents is 1. The molecule has 116 valence electrons. The lowest BCUT2D eigenvalue weighted by atomic mass is 9.96. The van der Waals surface area contributed by atoms with Crippen LogP contribution in [0.2, 0.25) is 0 Å². The Kier molecular flexibility index (Phi) is 5.44. The molecule has 1 aromatic carbocycles. The summed E-state index contributed by atoms with van der Waals surface area (Å²) in [4.78, 5) is 14.6. The Hall–Kier alpha value is -1.75. The minimum atomic E-state index is -0.246. The highest BCUT2D eigenvalue weighted by atomic mass is 16.5. The van der Waals surface area contributed by atoms with Crippen molar-refractivity contribution in [2.75, 3.05) is 33.3 Å². The van der Waals surface area contributed by atoms with Gasteiger partial charge in [0, 0.05) is 6.54 Å². The number of para-hydroxylation sites is 1. The van der Waals surface area contributed by atoms with Gasteiger partial charge in [-0.3, -0.25) is 4.79 Å². The van der Waals surface area contributed by atoms with Crippen LogP contribution in [-0.2, 0) is 0 Å². The number of hydrogen-bond acceptors (Lipinski definition) is 4. The summed E-state index contributed by atoms with van der Waals surface area (Å²) in [6, 6.07) is 4.94. The molecule has 0 atom stereocenters. The van der Waals surface area contributed by atoms with Crippen molar-refractivity contribution in [3.05, 3.63) is 23.8 Å². The van der Waals surface area contributed by atoms with Crippen LogP contribution in [-0.4, -0.2) is 49.2 Å². The second-order valence-electron chi connectivity index (χ2n) is 5.44. The van der Waals surface area contributed by atoms with Crippen molar-refractivity contribution in [1.29, 1.82) is 0 Å². The number of nitrogens with zero attached hydrogens (tertiary/aromatic N) is 1. The zero-order chi connectivity index (χ0) is 15.2. The highest BCUT2D eigenvalue weighted by Crippen LogP contribution is 2.29. The molecule has 1 heterocycles. The first-order chi connectivity index (χ1) is 10.2. The topological polar surface area (TPSA) is 61.8 Å². The number of aromatic hydroxyl groups is 1. The summed E-state index contributed by atoms with van der Waals surface area (Å²) in [6.07, 6.45) is 2.22. The summed E-state index contributed by atoms with van der Waals surface area (Å²) in [7, 11) is 1.47. The quantitative estimate of drug-likeness (QED) is 0.869. The molecule has 1 fully saturated rings. The van der Waals surface area contributed by atoms with E-state index in [9.17, 15) is 9.90 Å². The number of amides is 1. The van der Waals surface area contributed by atoms with Gasteiger partial charge in [-0.15, -0.1) is 0 Å². The molecule has 0 radical (unpaired) electrons. The number of phenols is 1. The second kappa shape index (κ2) is 7.31. The molecule has 0 unspecified atom stereocenters. The van der Waals surface area contributed by atoms with Gasteiger partial charge in [0.05, 0.1) is 12.7 Å². The molecular weight excluding hydrogens is 268 g/mol. The average Bonchev–Trinajstić information content (AvgIpc) is 2.53. The van der Waals surface area contributed by atoms with Crippen LogP contribution in [0.4, 0.5) is 0 Å². The minimum absolute atomic E-state index is 0.0988. The summed E-state index contributed by atoms with van der Waals surface area (Å²) < 4.78 is 5.02. The third-order valence-corrected chi connectivity index (χ3v) is 4.17. The highest BCUT2D eigenvalue weighted by molar-refractivity contribution is 5.97. The normalized spacial score (nSPS) is 16.7. The molecule has 2 N–H and O–H groups in total. The Bertz CT molecular complexity index is 482. The van der Waals surface area contributed by atoms with Crippen LogP contribution in [0.15, 0.2) is 18.2 Å². The van der Waals surface area contributed by atoms with E-state index in [4.69, 9.17) is 4.74 Å².